The molecule has 5 nitrogen and oxygen atoms in total. The minimum Gasteiger partial charge on any atom is -0.466 e. The Hall–Kier alpha value is -2.60. The van der Waals surface area contributed by atoms with Crippen LogP contribution in [0.2, 0.25) is 0 Å². The van der Waals surface area contributed by atoms with E-state index in [-0.39, 0.29) is 11.9 Å². The maximum absolute atomic E-state index is 11.8. The Balaban J connectivity index is 1.85. The van der Waals surface area contributed by atoms with Gasteiger partial charge >= 0.3 is 5.97 Å². The van der Waals surface area contributed by atoms with Gasteiger partial charge in [0.05, 0.1) is 23.1 Å². The van der Waals surface area contributed by atoms with Crippen LogP contribution in [0.5, 0.6) is 0 Å². The van der Waals surface area contributed by atoms with E-state index in [0.717, 1.165) is 21.8 Å². The molecule has 0 fully saturated rings. The number of nitrogens with two attached hydrogens (primary N) is 1. The number of anilines is 1. The summed E-state index contributed by atoms with van der Waals surface area (Å²) in [4.78, 5) is 12.9. The second kappa shape index (κ2) is 6.88. The highest BCUT2D eigenvalue weighted by atomic mass is 32.1. The lowest BCUT2D eigenvalue weighted by atomic mass is 10.0. The second-order valence-corrected chi connectivity index (χ2v) is 6.36. The van der Waals surface area contributed by atoms with Crippen LogP contribution < -0.4 is 5.73 Å². The molecule has 3 aromatic rings. The Bertz CT molecular complexity index is 823. The number of hydrogen-bond donors (Lipinski definition) is 1. The summed E-state index contributed by atoms with van der Waals surface area (Å²) in [6.07, 6.45) is 0. The average molecular weight is 341 g/mol. The number of carbonyl (C=O) groups is 1. The Labute approximate surface area is 144 Å². The predicted octanol–water partition coefficient (Wildman–Crippen LogP) is 3.85. The zero-order valence-electron chi connectivity index (χ0n) is 13.6. The third-order valence-electron chi connectivity index (χ3n) is 3.79. The summed E-state index contributed by atoms with van der Waals surface area (Å²) in [6, 6.07) is 13.5. The molecule has 2 N–H and O–H groups in total. The standard InChI is InChI=1S/C18H19N3O2S/c1-3-23-18(22)12(2)13-6-8-14(9-7-13)21-17(19)11-15(20-21)16-5-4-10-24-16/h4-12H,3,19H2,1-2H3. The fraction of sp³-hybridized carbons (Fsp3) is 0.222. The Morgan fingerprint density at radius 1 is 1.33 bits per heavy atom. The van der Waals surface area contributed by atoms with Gasteiger partial charge in [0.2, 0.25) is 0 Å². The number of benzene rings is 1. The van der Waals surface area contributed by atoms with Gasteiger partial charge in [-0.25, -0.2) is 4.68 Å². The number of ether oxygens (including phenoxy) is 1. The predicted molar refractivity (Wildman–Crippen MR) is 96.3 cm³/mol. The monoisotopic (exact) mass is 341 g/mol. The summed E-state index contributed by atoms with van der Waals surface area (Å²) in [5, 5.41) is 6.58. The van der Waals surface area contributed by atoms with Crippen LogP contribution in [-0.2, 0) is 9.53 Å². The molecule has 0 saturated carbocycles. The Morgan fingerprint density at radius 3 is 2.71 bits per heavy atom. The highest BCUT2D eigenvalue weighted by Gasteiger charge is 2.16. The summed E-state index contributed by atoms with van der Waals surface area (Å²) in [5.74, 6) is 0.0593. The van der Waals surface area contributed by atoms with E-state index >= 15 is 0 Å². The normalized spacial score (nSPS) is 12.1. The molecule has 6 heteroatoms. The van der Waals surface area contributed by atoms with Crippen molar-refractivity contribution in [2.24, 2.45) is 0 Å². The number of aromatic nitrogens is 2. The van der Waals surface area contributed by atoms with Crippen LogP contribution in [-0.4, -0.2) is 22.4 Å². The van der Waals surface area contributed by atoms with Crippen molar-refractivity contribution in [3.05, 3.63) is 53.4 Å². The summed E-state index contributed by atoms with van der Waals surface area (Å²) in [6.45, 7) is 4.03. The van der Waals surface area contributed by atoms with Gasteiger partial charge in [0.15, 0.2) is 0 Å². The van der Waals surface area contributed by atoms with E-state index < -0.39 is 0 Å². The van der Waals surface area contributed by atoms with Crippen molar-refractivity contribution in [2.45, 2.75) is 19.8 Å². The van der Waals surface area contributed by atoms with Gasteiger partial charge in [0, 0.05) is 6.07 Å². The van der Waals surface area contributed by atoms with Crippen LogP contribution in [0.1, 0.15) is 25.3 Å². The number of hydrogen-bond acceptors (Lipinski definition) is 5. The third-order valence-corrected chi connectivity index (χ3v) is 4.68. The Kier molecular flexibility index (Phi) is 4.66. The van der Waals surface area contributed by atoms with Gasteiger partial charge < -0.3 is 10.5 Å². The van der Waals surface area contributed by atoms with Crippen molar-refractivity contribution in [1.29, 1.82) is 0 Å². The van der Waals surface area contributed by atoms with Crippen molar-refractivity contribution in [1.82, 2.24) is 9.78 Å². The van der Waals surface area contributed by atoms with E-state index in [1.165, 1.54) is 0 Å². The molecule has 124 valence electrons. The first-order valence-corrected chi connectivity index (χ1v) is 8.64. The molecule has 0 aliphatic rings. The van der Waals surface area contributed by atoms with E-state index in [9.17, 15) is 4.79 Å². The summed E-state index contributed by atoms with van der Waals surface area (Å²) in [5.41, 5.74) is 8.71. The van der Waals surface area contributed by atoms with Crippen LogP contribution in [0.25, 0.3) is 16.3 Å². The molecule has 0 spiro atoms. The molecule has 0 bridgehead atoms. The zero-order chi connectivity index (χ0) is 17.1. The highest BCUT2D eigenvalue weighted by Crippen LogP contribution is 2.27. The van der Waals surface area contributed by atoms with E-state index in [1.807, 2.05) is 54.8 Å². The van der Waals surface area contributed by atoms with Gasteiger partial charge in [-0.15, -0.1) is 11.3 Å². The average Bonchev–Trinajstić information content (AvgIpc) is 3.24. The van der Waals surface area contributed by atoms with Crippen molar-refractivity contribution >= 4 is 23.1 Å². The Morgan fingerprint density at radius 2 is 2.08 bits per heavy atom. The maximum Gasteiger partial charge on any atom is 0.313 e. The number of thiophene rings is 1. The molecule has 0 radical (unpaired) electrons. The molecule has 0 saturated heterocycles. The van der Waals surface area contributed by atoms with Gasteiger partial charge in [0.1, 0.15) is 11.5 Å². The van der Waals surface area contributed by atoms with Crippen molar-refractivity contribution in [3.63, 3.8) is 0 Å². The molecule has 0 aliphatic heterocycles. The maximum atomic E-state index is 11.8. The molecule has 2 heterocycles. The first-order valence-electron chi connectivity index (χ1n) is 7.76. The fourth-order valence-electron chi connectivity index (χ4n) is 2.45. The van der Waals surface area contributed by atoms with Gasteiger partial charge in [-0.1, -0.05) is 18.2 Å². The van der Waals surface area contributed by atoms with Crippen LogP contribution in [0.3, 0.4) is 0 Å². The molecule has 0 aliphatic carbocycles. The SMILES string of the molecule is CCOC(=O)C(C)c1ccc(-n2nc(-c3cccs3)cc2N)cc1. The molecular weight excluding hydrogens is 322 g/mol. The number of carbonyl (C=O) groups excluding carboxylic acids is 1. The largest absolute Gasteiger partial charge is 0.466 e. The first kappa shape index (κ1) is 16.3. The van der Waals surface area contributed by atoms with E-state index in [1.54, 1.807) is 22.9 Å². The lowest BCUT2D eigenvalue weighted by molar-refractivity contribution is -0.144. The molecule has 1 atom stereocenters. The molecule has 1 unspecified atom stereocenters. The van der Waals surface area contributed by atoms with Crippen molar-refractivity contribution in [3.8, 4) is 16.3 Å². The van der Waals surface area contributed by atoms with E-state index in [0.29, 0.717) is 12.4 Å². The van der Waals surface area contributed by atoms with Gasteiger partial charge in [-0.05, 0) is 43.0 Å². The van der Waals surface area contributed by atoms with E-state index in [2.05, 4.69) is 5.10 Å². The molecule has 24 heavy (non-hydrogen) atoms. The number of rotatable bonds is 5. The third kappa shape index (κ3) is 3.19. The molecular formula is C18H19N3O2S. The number of nitrogens with zero attached hydrogens (tertiary/aromatic N) is 2. The number of esters is 1. The topological polar surface area (TPSA) is 70.1 Å². The summed E-state index contributed by atoms with van der Waals surface area (Å²) < 4.78 is 6.76. The number of nitrogen functional groups attached to an aromatic ring is 1. The van der Waals surface area contributed by atoms with Crippen LogP contribution in [0.4, 0.5) is 5.82 Å². The molecule has 3 rings (SSSR count). The first-order chi connectivity index (χ1) is 11.6. The van der Waals surface area contributed by atoms with Crippen LogP contribution >= 0.6 is 11.3 Å². The quantitative estimate of drug-likeness (QED) is 0.716. The summed E-state index contributed by atoms with van der Waals surface area (Å²) >= 11 is 1.62. The van der Waals surface area contributed by atoms with E-state index in [4.69, 9.17) is 10.5 Å². The lowest BCUT2D eigenvalue weighted by Crippen LogP contribution is -2.13. The van der Waals surface area contributed by atoms with Gasteiger partial charge in [-0.2, -0.15) is 5.10 Å². The van der Waals surface area contributed by atoms with Crippen LogP contribution in [0, 0.1) is 0 Å². The molecule has 1 aromatic carbocycles. The van der Waals surface area contributed by atoms with Gasteiger partial charge in [0.25, 0.3) is 0 Å². The fourth-order valence-corrected chi connectivity index (χ4v) is 3.14. The second-order valence-electron chi connectivity index (χ2n) is 5.41. The molecule has 2 aromatic heterocycles. The lowest BCUT2D eigenvalue weighted by Gasteiger charge is -2.11. The minimum absolute atomic E-state index is 0.219. The van der Waals surface area contributed by atoms with Gasteiger partial charge in [-0.3, -0.25) is 4.79 Å². The zero-order valence-corrected chi connectivity index (χ0v) is 14.4. The highest BCUT2D eigenvalue weighted by molar-refractivity contribution is 7.13. The van der Waals surface area contributed by atoms with Crippen molar-refractivity contribution in [2.75, 3.05) is 12.3 Å². The molecule has 0 amide bonds. The van der Waals surface area contributed by atoms with Crippen molar-refractivity contribution < 1.29 is 9.53 Å². The summed E-state index contributed by atoms with van der Waals surface area (Å²) in [7, 11) is 0. The smallest absolute Gasteiger partial charge is 0.313 e. The minimum atomic E-state index is -0.296. The van der Waals surface area contributed by atoms with Crippen LogP contribution in [0.15, 0.2) is 47.8 Å².